The number of nitro groups is 1. The molecule has 1 aromatic carbocycles. The van der Waals surface area contributed by atoms with Crippen LogP contribution >= 0.6 is 0 Å². The number of hydrogen-bond donors (Lipinski definition) is 1. The van der Waals surface area contributed by atoms with Gasteiger partial charge in [0.25, 0.3) is 5.49 Å². The summed E-state index contributed by atoms with van der Waals surface area (Å²) in [5.41, 5.74) is 1.33. The fourth-order valence-corrected chi connectivity index (χ4v) is 1.96. The predicted molar refractivity (Wildman–Crippen MR) is 80.0 cm³/mol. The number of benzene rings is 1. The van der Waals surface area contributed by atoms with Gasteiger partial charge in [-0.1, -0.05) is 30.8 Å². The van der Waals surface area contributed by atoms with Crippen molar-refractivity contribution in [1.29, 1.82) is 0 Å². The van der Waals surface area contributed by atoms with Crippen LogP contribution in [-0.4, -0.2) is 31.4 Å². The maximum absolute atomic E-state index is 11.1. The van der Waals surface area contributed by atoms with Gasteiger partial charge in [0.15, 0.2) is 0 Å². The lowest BCUT2D eigenvalue weighted by Gasteiger charge is -2.01. The van der Waals surface area contributed by atoms with Gasteiger partial charge < -0.3 is 15.3 Å². The Bertz CT molecular complexity index is 745. The minimum atomic E-state index is -0.646. The first-order valence-corrected chi connectivity index (χ1v) is 7.03. The Hall–Kier alpha value is -2.64. The molecule has 1 aromatic heterocycles. The zero-order valence-corrected chi connectivity index (χ0v) is 12.8. The number of aromatic nitrogens is 3. The highest BCUT2D eigenvalue weighted by Gasteiger charge is 2.23. The normalized spacial score (nSPS) is 12.1. The Morgan fingerprint density at radius 1 is 1.45 bits per heavy atom. The van der Waals surface area contributed by atoms with Crippen molar-refractivity contribution in [2.45, 2.75) is 27.2 Å². The first-order valence-electron chi connectivity index (χ1n) is 7.03. The van der Waals surface area contributed by atoms with Gasteiger partial charge in [-0.25, -0.2) is 0 Å². The van der Waals surface area contributed by atoms with Gasteiger partial charge in [0.05, 0.1) is 5.10 Å². The highest BCUT2D eigenvalue weighted by atomic mass is 16.6. The molecule has 0 unspecified atom stereocenters. The quantitative estimate of drug-likeness (QED) is 0.519. The van der Waals surface area contributed by atoms with E-state index in [9.17, 15) is 15.3 Å². The van der Waals surface area contributed by atoms with Gasteiger partial charge in [0.2, 0.25) is 0 Å². The Morgan fingerprint density at radius 3 is 2.77 bits per heavy atom. The molecule has 0 aliphatic rings. The van der Waals surface area contributed by atoms with E-state index in [4.69, 9.17) is 0 Å². The summed E-state index contributed by atoms with van der Waals surface area (Å²) in [6.45, 7) is 6.34. The molecule has 0 amide bonds. The summed E-state index contributed by atoms with van der Waals surface area (Å²) >= 11 is 0. The summed E-state index contributed by atoms with van der Waals surface area (Å²) in [4.78, 5) is 16.3. The van der Waals surface area contributed by atoms with E-state index in [1.165, 1.54) is 0 Å². The van der Waals surface area contributed by atoms with Crippen LogP contribution < -0.4 is 5.49 Å². The summed E-state index contributed by atoms with van der Waals surface area (Å²) < 4.78 is 0. The first-order chi connectivity index (χ1) is 10.4. The lowest BCUT2D eigenvalue weighted by molar-refractivity contribution is -0.391. The molecule has 22 heavy (non-hydrogen) atoms. The third-order valence-corrected chi connectivity index (χ3v) is 3.13. The molecule has 0 saturated heterocycles. The van der Waals surface area contributed by atoms with E-state index in [1.54, 1.807) is 18.2 Å². The molecule has 0 aliphatic heterocycles. The topological polar surface area (TPSA) is 98.5 Å². The van der Waals surface area contributed by atoms with Crippen LogP contribution in [0.2, 0.25) is 0 Å². The molecule has 0 fully saturated rings. The van der Waals surface area contributed by atoms with Gasteiger partial charge in [0, 0.05) is 6.54 Å². The number of rotatable bonds is 5. The second-order valence-corrected chi connectivity index (χ2v) is 5.49. The lowest BCUT2D eigenvalue weighted by Crippen LogP contribution is -2.23. The van der Waals surface area contributed by atoms with Crippen molar-refractivity contribution in [3.8, 4) is 5.69 Å². The van der Waals surface area contributed by atoms with Crippen molar-refractivity contribution in [3.63, 3.8) is 0 Å². The molecule has 0 aliphatic carbocycles. The van der Waals surface area contributed by atoms with Crippen LogP contribution in [0.15, 0.2) is 29.3 Å². The highest BCUT2D eigenvalue weighted by Crippen LogP contribution is 2.10. The van der Waals surface area contributed by atoms with Crippen LogP contribution in [0.3, 0.4) is 0 Å². The Morgan fingerprint density at radius 2 is 2.18 bits per heavy atom. The average Bonchev–Trinajstić information content (AvgIpc) is 2.76. The lowest BCUT2D eigenvalue weighted by atomic mass is 10.1. The molecule has 0 atom stereocenters. The molecule has 1 heterocycles. The number of hydrogen-bond acceptors (Lipinski definition) is 5. The monoisotopic (exact) mass is 305 g/mol. The van der Waals surface area contributed by atoms with Crippen molar-refractivity contribution in [2.75, 3.05) is 6.54 Å². The SMILES string of the molecule is Cc1cccc(-n2nc([N+](=O)[O-])c(=NCCC(C)C)n2O)c1. The fourth-order valence-electron chi connectivity index (χ4n) is 1.96. The van der Waals surface area contributed by atoms with E-state index in [2.05, 4.69) is 10.1 Å². The molecule has 118 valence electrons. The third kappa shape index (κ3) is 3.33. The van der Waals surface area contributed by atoms with Crippen molar-refractivity contribution in [1.82, 2.24) is 14.7 Å². The number of nitrogens with zero attached hydrogens (tertiary/aromatic N) is 5. The summed E-state index contributed by atoms with van der Waals surface area (Å²) in [5.74, 6) is -0.0467. The molecular weight excluding hydrogens is 286 g/mol. The maximum atomic E-state index is 11.1. The van der Waals surface area contributed by atoms with E-state index < -0.39 is 10.7 Å². The van der Waals surface area contributed by atoms with Gasteiger partial charge in [0.1, 0.15) is 5.69 Å². The number of aryl methyl sites for hydroxylation is 1. The second-order valence-electron chi connectivity index (χ2n) is 5.49. The maximum Gasteiger partial charge on any atom is 0.438 e. The first kappa shape index (κ1) is 15.7. The molecule has 0 spiro atoms. The van der Waals surface area contributed by atoms with E-state index in [0.29, 0.717) is 23.0 Å². The Balaban J connectivity index is 2.52. The van der Waals surface area contributed by atoms with Gasteiger partial charge in [-0.2, -0.15) is 0 Å². The van der Waals surface area contributed by atoms with Gasteiger partial charge in [-0.3, -0.25) is 4.99 Å². The standard InChI is InChI=1S/C14H19N5O3/c1-10(2)7-8-15-13-14(19(21)22)16-17(18(13)20)12-6-4-5-11(3)9-12/h4-6,9-10,20H,7-8H2,1-3H3. The van der Waals surface area contributed by atoms with Crippen LogP contribution in [0, 0.1) is 23.0 Å². The van der Waals surface area contributed by atoms with Gasteiger partial charge >= 0.3 is 5.82 Å². The van der Waals surface area contributed by atoms with Crippen molar-refractivity contribution >= 4 is 5.82 Å². The predicted octanol–water partition coefficient (Wildman–Crippen LogP) is 2.07. The Labute approximate surface area is 127 Å². The average molecular weight is 305 g/mol. The van der Waals surface area contributed by atoms with E-state index in [-0.39, 0.29) is 5.49 Å². The molecular formula is C14H19N5O3. The smallest absolute Gasteiger partial charge is 0.409 e. The largest absolute Gasteiger partial charge is 0.438 e. The van der Waals surface area contributed by atoms with Crippen LogP contribution in [-0.2, 0) is 0 Å². The zero-order valence-electron chi connectivity index (χ0n) is 12.8. The molecule has 2 rings (SSSR count). The van der Waals surface area contributed by atoms with E-state index in [1.807, 2.05) is 26.8 Å². The highest BCUT2D eigenvalue weighted by molar-refractivity contribution is 5.34. The summed E-state index contributed by atoms with van der Waals surface area (Å²) in [5, 5.41) is 25.2. The van der Waals surface area contributed by atoms with Crippen LogP contribution in [0.1, 0.15) is 25.8 Å². The van der Waals surface area contributed by atoms with Gasteiger partial charge in [-0.15, -0.1) is 0 Å². The zero-order chi connectivity index (χ0) is 16.3. The van der Waals surface area contributed by atoms with Crippen molar-refractivity contribution < 1.29 is 10.1 Å². The fraction of sp³-hybridized carbons (Fsp3) is 0.429. The van der Waals surface area contributed by atoms with Crippen LogP contribution in [0.4, 0.5) is 5.82 Å². The molecule has 0 bridgehead atoms. The molecule has 2 aromatic rings. The van der Waals surface area contributed by atoms with Crippen LogP contribution in [0.25, 0.3) is 5.69 Å². The minimum Gasteiger partial charge on any atom is -0.409 e. The van der Waals surface area contributed by atoms with Crippen molar-refractivity contribution in [2.24, 2.45) is 10.9 Å². The summed E-state index contributed by atoms with van der Waals surface area (Å²) in [6, 6.07) is 7.14. The van der Waals surface area contributed by atoms with Gasteiger partial charge in [-0.05, 0) is 46.7 Å². The van der Waals surface area contributed by atoms with Crippen LogP contribution in [0.5, 0.6) is 0 Å². The van der Waals surface area contributed by atoms with E-state index in [0.717, 1.165) is 16.8 Å². The summed E-state index contributed by atoms with van der Waals surface area (Å²) in [7, 11) is 0. The third-order valence-electron chi connectivity index (χ3n) is 3.13. The molecule has 8 heteroatoms. The minimum absolute atomic E-state index is 0.146. The van der Waals surface area contributed by atoms with Crippen molar-refractivity contribution in [3.05, 3.63) is 45.4 Å². The molecule has 8 nitrogen and oxygen atoms in total. The Kier molecular flexibility index (Phi) is 4.59. The molecule has 0 radical (unpaired) electrons. The van der Waals surface area contributed by atoms with E-state index >= 15 is 0 Å². The molecule has 0 saturated carbocycles. The second kappa shape index (κ2) is 6.42. The summed E-state index contributed by atoms with van der Waals surface area (Å²) in [6.07, 6.45) is 0.771. The molecule has 1 N–H and O–H groups in total.